The van der Waals surface area contributed by atoms with Crippen molar-refractivity contribution in [1.29, 1.82) is 0 Å². The van der Waals surface area contributed by atoms with E-state index in [1.165, 1.54) is 16.3 Å². The van der Waals surface area contributed by atoms with E-state index in [-0.39, 0.29) is 12.1 Å². The van der Waals surface area contributed by atoms with Gasteiger partial charge in [0, 0.05) is 18.7 Å². The van der Waals surface area contributed by atoms with E-state index in [0.29, 0.717) is 0 Å². The molecule has 0 fully saturated rings. The fraction of sp³-hybridized carbons (Fsp3) is 0.412. The van der Waals surface area contributed by atoms with Crippen LogP contribution in [-0.2, 0) is 6.54 Å². The van der Waals surface area contributed by atoms with Crippen molar-refractivity contribution >= 4 is 10.8 Å². The van der Waals surface area contributed by atoms with Crippen LogP contribution in [0.25, 0.3) is 10.8 Å². The molecule has 2 rings (SSSR count). The second-order valence-electron chi connectivity index (χ2n) is 5.38. The molecule has 0 radical (unpaired) electrons. The maximum atomic E-state index is 9.16. The summed E-state index contributed by atoms with van der Waals surface area (Å²) >= 11 is 0. The second kappa shape index (κ2) is 6.18. The van der Waals surface area contributed by atoms with E-state index in [2.05, 4.69) is 61.6 Å². The van der Waals surface area contributed by atoms with E-state index in [0.717, 1.165) is 19.4 Å². The van der Waals surface area contributed by atoms with Gasteiger partial charge in [-0.2, -0.15) is 0 Å². The second-order valence-corrected chi connectivity index (χ2v) is 5.38. The molecule has 19 heavy (non-hydrogen) atoms. The Bertz CT molecular complexity index is 532. The van der Waals surface area contributed by atoms with Crippen LogP contribution in [0.1, 0.15) is 32.3 Å². The Morgan fingerprint density at radius 3 is 2.58 bits per heavy atom. The molecular weight excluding hydrogens is 234 g/mol. The van der Waals surface area contributed by atoms with Gasteiger partial charge < -0.3 is 10.4 Å². The molecule has 0 aliphatic heterocycles. The monoisotopic (exact) mass is 257 g/mol. The highest BCUT2D eigenvalue weighted by Gasteiger charge is 2.20. The van der Waals surface area contributed by atoms with Gasteiger partial charge in [-0.25, -0.2) is 0 Å². The van der Waals surface area contributed by atoms with Crippen molar-refractivity contribution in [2.75, 3.05) is 6.61 Å². The van der Waals surface area contributed by atoms with E-state index in [1.54, 1.807) is 0 Å². The largest absolute Gasteiger partial charge is 0.396 e. The van der Waals surface area contributed by atoms with Gasteiger partial charge in [0.2, 0.25) is 0 Å². The molecule has 0 aliphatic rings. The van der Waals surface area contributed by atoms with Crippen molar-refractivity contribution in [3.8, 4) is 0 Å². The van der Waals surface area contributed by atoms with Crippen molar-refractivity contribution in [2.24, 2.45) is 0 Å². The number of fused-ring (bicyclic) bond motifs is 1. The summed E-state index contributed by atoms with van der Waals surface area (Å²) in [4.78, 5) is 0. The molecular formula is C17H23NO. The summed E-state index contributed by atoms with van der Waals surface area (Å²) in [6.07, 6.45) is 1.80. The average Bonchev–Trinajstić information content (AvgIpc) is 2.45. The van der Waals surface area contributed by atoms with Crippen LogP contribution in [0.15, 0.2) is 42.5 Å². The lowest BCUT2D eigenvalue weighted by Gasteiger charge is -2.29. The van der Waals surface area contributed by atoms with Crippen LogP contribution in [0.3, 0.4) is 0 Å². The summed E-state index contributed by atoms with van der Waals surface area (Å²) in [5.41, 5.74) is 1.32. The summed E-state index contributed by atoms with van der Waals surface area (Å²) in [6, 6.07) is 14.9. The van der Waals surface area contributed by atoms with Gasteiger partial charge >= 0.3 is 0 Å². The third-order valence-corrected chi connectivity index (χ3v) is 4.03. The number of hydrogen-bond donors (Lipinski definition) is 2. The minimum Gasteiger partial charge on any atom is -0.396 e. The molecule has 102 valence electrons. The lowest BCUT2D eigenvalue weighted by atomic mass is 9.94. The number of hydrogen-bond acceptors (Lipinski definition) is 2. The number of benzene rings is 2. The van der Waals surface area contributed by atoms with Gasteiger partial charge in [-0.05, 0) is 36.1 Å². The zero-order chi connectivity index (χ0) is 13.7. The molecule has 2 aromatic rings. The highest BCUT2D eigenvalue weighted by molar-refractivity contribution is 5.85. The van der Waals surface area contributed by atoms with Crippen LogP contribution in [0.5, 0.6) is 0 Å². The minimum absolute atomic E-state index is 0.00565. The van der Waals surface area contributed by atoms with Gasteiger partial charge in [-0.15, -0.1) is 0 Å². The van der Waals surface area contributed by atoms with Crippen LogP contribution < -0.4 is 5.32 Å². The number of nitrogens with one attached hydrogen (secondary N) is 1. The molecule has 2 nitrogen and oxygen atoms in total. The van der Waals surface area contributed by atoms with Gasteiger partial charge in [0.15, 0.2) is 0 Å². The Balaban J connectivity index is 2.17. The highest BCUT2D eigenvalue weighted by atomic mass is 16.3. The Labute approximate surface area is 115 Å². The first-order valence-electron chi connectivity index (χ1n) is 7.01. The van der Waals surface area contributed by atoms with Crippen LogP contribution >= 0.6 is 0 Å². The molecule has 0 spiro atoms. The molecule has 0 heterocycles. The Hall–Kier alpha value is -1.38. The van der Waals surface area contributed by atoms with E-state index in [1.807, 2.05) is 0 Å². The zero-order valence-electron chi connectivity index (χ0n) is 11.8. The topological polar surface area (TPSA) is 32.3 Å². The maximum absolute atomic E-state index is 9.16. The SMILES string of the molecule is CCC(C)(CCO)NCc1cccc2ccccc12. The third kappa shape index (κ3) is 3.34. The quantitative estimate of drug-likeness (QED) is 0.830. The van der Waals surface area contributed by atoms with E-state index < -0.39 is 0 Å². The van der Waals surface area contributed by atoms with Crippen LogP contribution in [-0.4, -0.2) is 17.3 Å². The molecule has 0 amide bonds. The zero-order valence-corrected chi connectivity index (χ0v) is 11.8. The lowest BCUT2D eigenvalue weighted by molar-refractivity contribution is 0.214. The van der Waals surface area contributed by atoms with Gasteiger partial charge in [0.05, 0.1) is 0 Å². The first kappa shape index (κ1) is 14.0. The molecule has 2 heteroatoms. The maximum Gasteiger partial charge on any atom is 0.0448 e. The molecule has 0 aliphatic carbocycles. The van der Waals surface area contributed by atoms with Crippen molar-refractivity contribution in [3.63, 3.8) is 0 Å². The standard InChI is InChI=1S/C17H23NO/c1-3-17(2,11-12-19)18-13-15-9-6-8-14-7-4-5-10-16(14)15/h4-10,18-19H,3,11-13H2,1-2H3. The molecule has 1 unspecified atom stereocenters. The summed E-state index contributed by atoms with van der Waals surface area (Å²) in [5.74, 6) is 0. The Morgan fingerprint density at radius 2 is 1.84 bits per heavy atom. The van der Waals surface area contributed by atoms with Crippen molar-refractivity contribution in [1.82, 2.24) is 5.32 Å². The van der Waals surface area contributed by atoms with Gasteiger partial charge in [0.25, 0.3) is 0 Å². The lowest BCUT2D eigenvalue weighted by Crippen LogP contribution is -2.42. The molecule has 0 saturated carbocycles. The summed E-state index contributed by atoms with van der Waals surface area (Å²) < 4.78 is 0. The first-order valence-corrected chi connectivity index (χ1v) is 7.01. The minimum atomic E-state index is 0.00565. The van der Waals surface area contributed by atoms with Crippen LogP contribution in [0, 0.1) is 0 Å². The van der Waals surface area contributed by atoms with Crippen LogP contribution in [0.4, 0.5) is 0 Å². The molecule has 0 bridgehead atoms. The van der Waals surface area contributed by atoms with E-state index in [9.17, 15) is 0 Å². The number of rotatable bonds is 6. The Kier molecular flexibility index (Phi) is 4.56. The van der Waals surface area contributed by atoms with Crippen molar-refractivity contribution in [2.45, 2.75) is 38.8 Å². The van der Waals surface area contributed by atoms with E-state index >= 15 is 0 Å². The predicted octanol–water partition coefficient (Wildman–Crippen LogP) is 3.48. The van der Waals surface area contributed by atoms with Crippen molar-refractivity contribution < 1.29 is 5.11 Å². The predicted molar refractivity (Wildman–Crippen MR) is 81.2 cm³/mol. The fourth-order valence-electron chi connectivity index (χ4n) is 2.39. The highest BCUT2D eigenvalue weighted by Crippen LogP contribution is 2.20. The smallest absolute Gasteiger partial charge is 0.0448 e. The number of aliphatic hydroxyl groups is 1. The summed E-state index contributed by atoms with van der Waals surface area (Å²) in [6.45, 7) is 5.40. The Morgan fingerprint density at radius 1 is 1.11 bits per heavy atom. The van der Waals surface area contributed by atoms with Crippen molar-refractivity contribution in [3.05, 3.63) is 48.0 Å². The van der Waals surface area contributed by atoms with Crippen LogP contribution in [0.2, 0.25) is 0 Å². The molecule has 0 saturated heterocycles. The van der Waals surface area contributed by atoms with Gasteiger partial charge in [-0.1, -0.05) is 49.4 Å². The summed E-state index contributed by atoms with van der Waals surface area (Å²) in [7, 11) is 0. The molecule has 2 aromatic carbocycles. The third-order valence-electron chi connectivity index (χ3n) is 4.03. The normalized spacial score (nSPS) is 14.5. The van der Waals surface area contributed by atoms with E-state index in [4.69, 9.17) is 5.11 Å². The molecule has 1 atom stereocenters. The first-order chi connectivity index (χ1) is 9.18. The molecule has 2 N–H and O–H groups in total. The molecule has 0 aromatic heterocycles. The van der Waals surface area contributed by atoms with Gasteiger partial charge in [0.1, 0.15) is 0 Å². The summed E-state index contributed by atoms with van der Waals surface area (Å²) in [5, 5.41) is 15.3. The fourth-order valence-corrected chi connectivity index (χ4v) is 2.39. The van der Waals surface area contributed by atoms with Gasteiger partial charge in [-0.3, -0.25) is 0 Å². The average molecular weight is 257 g/mol. The number of aliphatic hydroxyl groups excluding tert-OH is 1.